The van der Waals surface area contributed by atoms with Gasteiger partial charge in [0.25, 0.3) is 5.56 Å². The summed E-state index contributed by atoms with van der Waals surface area (Å²) in [6.07, 6.45) is 8.03. The van der Waals surface area contributed by atoms with E-state index in [9.17, 15) is 4.79 Å². The number of fused-ring (bicyclic) bond motifs is 3. The third-order valence-corrected chi connectivity index (χ3v) is 8.87. The number of H-pyrrole nitrogens is 1. The third-order valence-electron chi connectivity index (χ3n) is 7.89. The van der Waals surface area contributed by atoms with Crippen molar-refractivity contribution in [2.75, 3.05) is 31.9 Å². The quantitative estimate of drug-likeness (QED) is 0.498. The molecule has 188 valence electrons. The lowest BCUT2D eigenvalue weighted by molar-refractivity contribution is 0.0990. The summed E-state index contributed by atoms with van der Waals surface area (Å²) in [4.78, 5) is 18.1. The molecule has 0 bridgehead atoms. The molecule has 0 spiro atoms. The van der Waals surface area contributed by atoms with E-state index < -0.39 is 0 Å². The van der Waals surface area contributed by atoms with Crippen molar-refractivity contribution < 1.29 is 4.74 Å². The minimum Gasteiger partial charge on any atom is -0.490 e. The summed E-state index contributed by atoms with van der Waals surface area (Å²) in [6, 6.07) is 17.4. The summed E-state index contributed by atoms with van der Waals surface area (Å²) >= 11 is 1.84. The maximum absolute atomic E-state index is 12.4. The van der Waals surface area contributed by atoms with Gasteiger partial charge in [0.05, 0.1) is 0 Å². The van der Waals surface area contributed by atoms with Crippen molar-refractivity contribution in [2.24, 2.45) is 0 Å². The number of rotatable bonds is 6. The monoisotopic (exact) mass is 501 g/mol. The average molecular weight is 502 g/mol. The number of hydrogen-bond donors (Lipinski definition) is 2. The van der Waals surface area contributed by atoms with E-state index in [1.807, 2.05) is 23.9 Å². The van der Waals surface area contributed by atoms with Crippen LogP contribution in [0, 0.1) is 0 Å². The summed E-state index contributed by atoms with van der Waals surface area (Å²) in [5.41, 5.74) is 6.00. The van der Waals surface area contributed by atoms with Crippen LogP contribution in [0.1, 0.15) is 42.4 Å². The fourth-order valence-electron chi connectivity index (χ4n) is 5.86. The zero-order chi connectivity index (χ0) is 24.3. The first-order chi connectivity index (χ1) is 17.7. The number of hydrogen-bond acceptors (Lipinski definition) is 5. The molecular formula is C30H35N3O2S. The number of pyridine rings is 1. The molecule has 3 aliphatic heterocycles. The second-order valence-electron chi connectivity index (χ2n) is 10.2. The molecule has 1 atom stereocenters. The number of piperidine rings is 1. The van der Waals surface area contributed by atoms with E-state index in [-0.39, 0.29) is 11.7 Å². The molecule has 6 rings (SSSR count). The Balaban J connectivity index is 1.03. The highest BCUT2D eigenvalue weighted by molar-refractivity contribution is 7.98. The first-order valence-electron chi connectivity index (χ1n) is 13.4. The molecule has 1 aromatic heterocycles. The molecule has 0 saturated carbocycles. The van der Waals surface area contributed by atoms with Crippen molar-refractivity contribution in [3.63, 3.8) is 0 Å². The lowest BCUT2D eigenvalue weighted by atomic mass is 9.96. The molecule has 6 heteroatoms. The molecule has 1 fully saturated rings. The number of likely N-dealkylation sites (tertiary alicyclic amines) is 1. The second-order valence-corrected chi connectivity index (χ2v) is 11.3. The van der Waals surface area contributed by atoms with E-state index in [2.05, 4.69) is 57.7 Å². The first-order valence-corrected chi connectivity index (χ1v) is 14.5. The zero-order valence-corrected chi connectivity index (χ0v) is 21.6. The fraction of sp³-hybridized carbons (Fsp3) is 0.433. The summed E-state index contributed by atoms with van der Waals surface area (Å²) in [6.45, 7) is 4.35. The van der Waals surface area contributed by atoms with Crippen LogP contribution < -0.4 is 15.6 Å². The third kappa shape index (κ3) is 5.26. The Bertz CT molecular complexity index is 1290. The minimum atomic E-state index is 0.0703. The minimum absolute atomic E-state index is 0.0703. The number of benzene rings is 2. The van der Waals surface area contributed by atoms with Gasteiger partial charge in [-0.2, -0.15) is 11.8 Å². The zero-order valence-electron chi connectivity index (χ0n) is 20.8. The van der Waals surface area contributed by atoms with Gasteiger partial charge in [0.15, 0.2) is 0 Å². The van der Waals surface area contributed by atoms with Gasteiger partial charge in [0.2, 0.25) is 0 Å². The predicted molar refractivity (Wildman–Crippen MR) is 150 cm³/mol. The van der Waals surface area contributed by atoms with Crippen LogP contribution in [0.3, 0.4) is 0 Å². The maximum atomic E-state index is 12.4. The first kappa shape index (κ1) is 23.8. The molecule has 4 heterocycles. The summed E-state index contributed by atoms with van der Waals surface area (Å²) in [5.74, 6) is 2.82. The number of thioether (sulfide) groups is 1. The molecule has 2 aromatic carbocycles. The number of nitrogens with zero attached hydrogens (tertiary/aromatic N) is 1. The molecule has 1 unspecified atom stereocenters. The van der Waals surface area contributed by atoms with Gasteiger partial charge in [-0.25, -0.2) is 0 Å². The van der Waals surface area contributed by atoms with Crippen LogP contribution in [0.5, 0.6) is 5.75 Å². The van der Waals surface area contributed by atoms with Crippen LogP contribution in [0.15, 0.2) is 59.4 Å². The van der Waals surface area contributed by atoms with Crippen LogP contribution in [-0.4, -0.2) is 54.0 Å². The Morgan fingerprint density at radius 3 is 2.75 bits per heavy atom. The molecular weight excluding hydrogens is 466 g/mol. The van der Waals surface area contributed by atoms with E-state index >= 15 is 0 Å². The van der Waals surface area contributed by atoms with E-state index in [0.717, 1.165) is 92.0 Å². The van der Waals surface area contributed by atoms with Crippen LogP contribution in [-0.2, 0) is 12.2 Å². The Morgan fingerprint density at radius 1 is 1.03 bits per heavy atom. The van der Waals surface area contributed by atoms with Crippen molar-refractivity contribution in [1.82, 2.24) is 15.2 Å². The van der Waals surface area contributed by atoms with E-state index in [1.54, 1.807) is 0 Å². The maximum Gasteiger partial charge on any atom is 0.252 e. The Hall–Kier alpha value is -2.54. The van der Waals surface area contributed by atoms with E-state index in [1.165, 1.54) is 16.7 Å². The number of nitrogens with one attached hydrogen (secondary N) is 2. The molecule has 3 aliphatic rings. The molecule has 1 saturated heterocycles. The molecule has 0 radical (unpaired) electrons. The Labute approximate surface area is 217 Å². The van der Waals surface area contributed by atoms with Crippen molar-refractivity contribution in [2.45, 2.75) is 50.0 Å². The van der Waals surface area contributed by atoms with Crippen molar-refractivity contribution in [3.05, 3.63) is 81.7 Å². The van der Waals surface area contributed by atoms with Crippen molar-refractivity contribution in [3.8, 4) is 5.75 Å². The van der Waals surface area contributed by atoms with E-state index in [4.69, 9.17) is 4.74 Å². The van der Waals surface area contributed by atoms with Crippen LogP contribution in [0.25, 0.3) is 16.5 Å². The number of aromatic nitrogens is 1. The standard InChI is InChI=1S/C30H35N3O2S/c34-30-28-20-36-17-12-26(28)27-19-25(6-7-29(27)32-30)35-24-10-15-33(16-11-24)14-9-23-18-22(8-13-31-23)21-4-2-1-3-5-21/h1-7,18-19,23-24,31H,8-17,20H2,(H,32,34). The van der Waals surface area contributed by atoms with Gasteiger partial charge >= 0.3 is 0 Å². The Morgan fingerprint density at radius 2 is 1.89 bits per heavy atom. The fourth-order valence-corrected chi connectivity index (χ4v) is 6.86. The lowest BCUT2D eigenvalue weighted by Crippen LogP contribution is -2.41. The number of aryl methyl sites for hydroxylation is 1. The predicted octanol–water partition coefficient (Wildman–Crippen LogP) is 5.00. The normalized spacial score (nSPS) is 21.2. The highest BCUT2D eigenvalue weighted by atomic mass is 32.2. The van der Waals surface area contributed by atoms with Gasteiger partial charge < -0.3 is 19.9 Å². The highest BCUT2D eigenvalue weighted by Crippen LogP contribution is 2.31. The van der Waals surface area contributed by atoms with Crippen molar-refractivity contribution in [1.29, 1.82) is 0 Å². The van der Waals surface area contributed by atoms with Gasteiger partial charge in [0, 0.05) is 41.4 Å². The molecule has 0 aliphatic carbocycles. The van der Waals surface area contributed by atoms with Crippen LogP contribution >= 0.6 is 11.8 Å². The molecule has 36 heavy (non-hydrogen) atoms. The molecule has 5 nitrogen and oxygen atoms in total. The SMILES string of the molecule is O=c1[nH]c2ccc(OC3CCN(CCC4C=C(c5ccccc5)CCN4)CC3)cc2c2c1CSCC2. The van der Waals surface area contributed by atoms with Gasteiger partial charge in [-0.15, -0.1) is 0 Å². The molecule has 0 amide bonds. The number of ether oxygens (including phenoxy) is 1. The number of aromatic amines is 1. The van der Waals surface area contributed by atoms with Crippen LogP contribution in [0.2, 0.25) is 0 Å². The smallest absolute Gasteiger partial charge is 0.252 e. The van der Waals surface area contributed by atoms with Gasteiger partial charge in [-0.1, -0.05) is 36.4 Å². The summed E-state index contributed by atoms with van der Waals surface area (Å²) in [7, 11) is 0. The molecule has 2 N–H and O–H groups in total. The van der Waals surface area contributed by atoms with Crippen molar-refractivity contribution >= 4 is 28.2 Å². The highest BCUT2D eigenvalue weighted by Gasteiger charge is 2.23. The van der Waals surface area contributed by atoms with Gasteiger partial charge in [-0.05, 0) is 85.8 Å². The lowest BCUT2D eigenvalue weighted by Gasteiger charge is -2.33. The largest absolute Gasteiger partial charge is 0.490 e. The Kier molecular flexibility index (Phi) is 7.17. The van der Waals surface area contributed by atoms with Crippen LogP contribution in [0.4, 0.5) is 0 Å². The summed E-state index contributed by atoms with van der Waals surface area (Å²) < 4.78 is 6.44. The van der Waals surface area contributed by atoms with Gasteiger partial charge in [-0.3, -0.25) is 4.79 Å². The summed E-state index contributed by atoms with van der Waals surface area (Å²) in [5, 5.41) is 4.84. The second kappa shape index (κ2) is 10.8. The molecule has 3 aromatic rings. The van der Waals surface area contributed by atoms with Gasteiger partial charge in [0.1, 0.15) is 11.9 Å². The average Bonchev–Trinajstić information content (AvgIpc) is 2.94. The topological polar surface area (TPSA) is 57.4 Å². The van der Waals surface area contributed by atoms with E-state index in [0.29, 0.717) is 6.04 Å².